The van der Waals surface area contributed by atoms with Crippen LogP contribution in [0, 0.1) is 29.2 Å². The summed E-state index contributed by atoms with van der Waals surface area (Å²) in [5, 5.41) is 10.8. The molecule has 55 heavy (non-hydrogen) atoms. The Balaban J connectivity index is 0.00000210. The molecule has 0 saturated heterocycles. The molecule has 1 saturated carbocycles. The van der Waals surface area contributed by atoms with Gasteiger partial charge in [0.1, 0.15) is 22.9 Å². The molecule has 9 heteroatoms. The highest BCUT2D eigenvalue weighted by molar-refractivity contribution is 6.12. The minimum Gasteiger partial charge on any atom is -0.497 e. The van der Waals surface area contributed by atoms with Gasteiger partial charge >= 0.3 is 6.17 Å². The van der Waals surface area contributed by atoms with Crippen LogP contribution in [-0.2, 0) is 11.0 Å². The number of nitrogens with one attached hydrogen (secondary N) is 1. The van der Waals surface area contributed by atoms with Crippen molar-refractivity contribution in [1.29, 1.82) is 5.26 Å². The summed E-state index contributed by atoms with van der Waals surface area (Å²) in [6, 6.07) is 27.8. The number of hydrogen-bond donors (Lipinski definition) is 1. The van der Waals surface area contributed by atoms with Gasteiger partial charge in [-0.25, -0.2) is 5.26 Å². The van der Waals surface area contributed by atoms with Gasteiger partial charge in [-0.3, -0.25) is 0 Å². The fraction of sp³-hybridized carbons (Fsp3) is 0.304. The van der Waals surface area contributed by atoms with Crippen LogP contribution in [0.15, 0.2) is 91.0 Å². The van der Waals surface area contributed by atoms with Crippen LogP contribution in [0.2, 0.25) is 0 Å². The van der Waals surface area contributed by atoms with Crippen LogP contribution in [0.4, 0.5) is 20.2 Å². The first kappa shape index (κ1) is 35.9. The number of benzene rings is 5. The highest BCUT2D eigenvalue weighted by Gasteiger charge is 2.56. The summed E-state index contributed by atoms with van der Waals surface area (Å²) in [5.74, 6) is 2.06. The van der Waals surface area contributed by atoms with Gasteiger partial charge in [0.25, 0.3) is 0 Å². The van der Waals surface area contributed by atoms with Crippen molar-refractivity contribution >= 4 is 28.2 Å². The van der Waals surface area contributed by atoms with Crippen LogP contribution >= 0.6 is 0 Å². The van der Waals surface area contributed by atoms with Gasteiger partial charge < -0.3 is 19.5 Å². The lowest BCUT2D eigenvalue weighted by Gasteiger charge is -2.52. The molecule has 0 radical (unpaired) electrons. The predicted molar refractivity (Wildman–Crippen MR) is 212 cm³/mol. The van der Waals surface area contributed by atoms with Gasteiger partial charge in [0.2, 0.25) is 0 Å². The lowest BCUT2D eigenvalue weighted by Crippen LogP contribution is -2.44. The number of nitrogens with zero attached hydrogens (tertiary/aromatic N) is 3. The van der Waals surface area contributed by atoms with E-state index in [1.54, 1.807) is 26.4 Å². The fourth-order valence-corrected chi connectivity index (χ4v) is 10.6. The second-order valence-electron chi connectivity index (χ2n) is 16.6. The Morgan fingerprint density at radius 3 is 1.96 bits per heavy atom. The molecular formula is C46H42F2N4O3. The van der Waals surface area contributed by atoms with Gasteiger partial charge in [-0.15, -0.1) is 4.95 Å². The van der Waals surface area contributed by atoms with E-state index in [-0.39, 0.29) is 27.6 Å². The molecule has 2 aliphatic heterocycles. The van der Waals surface area contributed by atoms with Crippen molar-refractivity contribution in [1.82, 2.24) is 0 Å². The van der Waals surface area contributed by atoms with E-state index in [4.69, 9.17) is 26.0 Å². The van der Waals surface area contributed by atoms with Crippen molar-refractivity contribution < 1.29 is 23.0 Å². The summed E-state index contributed by atoms with van der Waals surface area (Å²) in [4.78, 5) is 3.27. The standard InChI is InChI=1S/C45H41F2N3O3.CHN/c1-41(2)24-42(3,4)26-43(25-41)35-11-9-8-10-31(35)38-33-23-37-36(49-45(46,47)50(37)48-5)22-34(33)40-32(39(38)43)20-21-44(53-40,27-12-16-29(51-6)17-13-27)28-14-18-30(52-7)19-15-28;1-2/h8-23,49H,24-26H2,1-4,6-7H3;1H. The van der Waals surface area contributed by atoms with E-state index in [0.29, 0.717) is 16.1 Å². The van der Waals surface area contributed by atoms with Crippen molar-refractivity contribution in [2.24, 2.45) is 10.8 Å². The van der Waals surface area contributed by atoms with Crippen molar-refractivity contribution in [3.8, 4) is 34.9 Å². The maximum absolute atomic E-state index is 15.4. The number of alkyl halides is 2. The minimum absolute atomic E-state index is 0.0122. The third-order valence-corrected chi connectivity index (χ3v) is 11.8. The van der Waals surface area contributed by atoms with Crippen LogP contribution in [0.1, 0.15) is 74.8 Å². The van der Waals surface area contributed by atoms with Crippen molar-refractivity contribution in [3.05, 3.63) is 130 Å². The Labute approximate surface area is 320 Å². The zero-order chi connectivity index (χ0) is 39.1. The van der Waals surface area contributed by atoms with Gasteiger partial charge in [0, 0.05) is 39.1 Å². The topological polar surface area (TPSA) is 71.1 Å². The number of methoxy groups -OCH3 is 2. The van der Waals surface area contributed by atoms with E-state index in [9.17, 15) is 0 Å². The molecule has 0 amide bonds. The predicted octanol–water partition coefficient (Wildman–Crippen LogP) is 11.5. The summed E-state index contributed by atoms with van der Waals surface area (Å²) >= 11 is 0. The Kier molecular flexibility index (Phi) is 7.99. The lowest BCUT2D eigenvalue weighted by atomic mass is 9.52. The monoisotopic (exact) mass is 736 g/mol. The lowest BCUT2D eigenvalue weighted by molar-refractivity contribution is 0.0445. The molecule has 1 N–H and O–H groups in total. The molecular weight excluding hydrogens is 695 g/mol. The number of rotatable bonds is 4. The van der Waals surface area contributed by atoms with Gasteiger partial charge in [-0.2, -0.15) is 15.4 Å². The average Bonchev–Trinajstić information content (AvgIpc) is 3.58. The third kappa shape index (κ3) is 5.24. The molecule has 0 atom stereocenters. The zero-order valence-corrected chi connectivity index (χ0v) is 31.8. The van der Waals surface area contributed by atoms with Gasteiger partial charge in [-0.05, 0) is 100 Å². The van der Waals surface area contributed by atoms with Gasteiger partial charge in [-0.1, -0.05) is 82.3 Å². The van der Waals surface area contributed by atoms with Crippen molar-refractivity contribution in [3.63, 3.8) is 0 Å². The van der Waals surface area contributed by atoms with E-state index in [1.807, 2.05) is 48.5 Å². The SMILES string of the molecule is C#N.[C-]#[N+]N1c2cc3c4c(c5c(c3cc2NC1(F)F)OC(c1ccc(OC)cc1)(c1ccc(OC)cc1)C=C5)C1(CC(C)(C)CC(C)(C)C1)c1ccccc1-4. The molecule has 0 aromatic heterocycles. The summed E-state index contributed by atoms with van der Waals surface area (Å²) < 4.78 is 49.4. The Bertz CT molecular complexity index is 2400. The fourth-order valence-electron chi connectivity index (χ4n) is 10.6. The maximum atomic E-state index is 15.4. The number of halogens is 2. The quantitative estimate of drug-likeness (QED) is 0.146. The first-order chi connectivity index (χ1) is 26.2. The summed E-state index contributed by atoms with van der Waals surface area (Å²) in [7, 11) is 3.28. The first-order valence-electron chi connectivity index (χ1n) is 18.3. The van der Waals surface area contributed by atoms with E-state index < -0.39 is 11.8 Å². The Morgan fingerprint density at radius 1 is 0.818 bits per heavy atom. The molecule has 1 spiro atoms. The molecule has 5 aromatic rings. The molecule has 9 rings (SSSR count). The van der Waals surface area contributed by atoms with Crippen molar-refractivity contribution in [2.45, 2.75) is 64.1 Å². The summed E-state index contributed by atoms with van der Waals surface area (Å²) in [5.41, 5.74) is 6.16. The second kappa shape index (κ2) is 12.2. The molecule has 7 nitrogen and oxygen atoms in total. The van der Waals surface area contributed by atoms with Gasteiger partial charge in [0.15, 0.2) is 5.60 Å². The zero-order valence-electron chi connectivity index (χ0n) is 31.8. The number of fused-ring (bicyclic) bond motifs is 11. The Morgan fingerprint density at radius 2 is 1.40 bits per heavy atom. The highest BCUT2D eigenvalue weighted by Crippen LogP contribution is 2.67. The Hall–Kier alpha value is -6.06. The van der Waals surface area contributed by atoms with Crippen LogP contribution in [0.3, 0.4) is 0 Å². The minimum atomic E-state index is -3.57. The summed E-state index contributed by atoms with van der Waals surface area (Å²) in [6.07, 6.45) is 3.68. The first-order valence-corrected chi connectivity index (χ1v) is 18.3. The normalized spacial score (nSPS) is 19.3. The summed E-state index contributed by atoms with van der Waals surface area (Å²) in [6.45, 7) is 20.7. The van der Waals surface area contributed by atoms with Crippen molar-refractivity contribution in [2.75, 3.05) is 24.5 Å². The molecule has 1 fully saturated rings. The smallest absolute Gasteiger partial charge is 0.473 e. The van der Waals surface area contributed by atoms with Crippen LogP contribution in [0.25, 0.3) is 32.9 Å². The van der Waals surface area contributed by atoms with E-state index in [2.05, 4.69) is 81.0 Å². The third-order valence-electron chi connectivity index (χ3n) is 11.8. The molecule has 0 bridgehead atoms. The highest BCUT2D eigenvalue weighted by atomic mass is 19.3. The number of ether oxygens (including phenoxy) is 3. The molecule has 2 aliphatic carbocycles. The molecule has 5 aromatic carbocycles. The molecule has 278 valence electrons. The maximum Gasteiger partial charge on any atom is 0.473 e. The number of hydrogen-bond acceptors (Lipinski definition) is 6. The number of anilines is 2. The second-order valence-corrected chi connectivity index (χ2v) is 16.6. The van der Waals surface area contributed by atoms with Crippen LogP contribution in [0.5, 0.6) is 17.2 Å². The average molecular weight is 737 g/mol. The van der Waals surface area contributed by atoms with Gasteiger partial charge in [0.05, 0.1) is 19.9 Å². The number of nitriles is 1. The largest absolute Gasteiger partial charge is 0.497 e. The molecule has 2 heterocycles. The molecule has 0 unspecified atom stereocenters. The van der Waals surface area contributed by atoms with E-state index in [0.717, 1.165) is 64.0 Å². The molecule has 4 aliphatic rings. The van der Waals surface area contributed by atoms with E-state index >= 15 is 8.78 Å². The van der Waals surface area contributed by atoms with Crippen LogP contribution < -0.4 is 24.5 Å². The van der Waals surface area contributed by atoms with Crippen LogP contribution in [-0.4, -0.2) is 20.4 Å². The van der Waals surface area contributed by atoms with E-state index in [1.165, 1.54) is 11.1 Å².